The number of ketones is 1. The summed E-state index contributed by atoms with van der Waals surface area (Å²) in [5.41, 5.74) is 1.37. The van der Waals surface area contributed by atoms with Crippen LogP contribution in [0.25, 0.3) is 33.0 Å². The first-order valence-electron chi connectivity index (χ1n) is 27.5. The molecule has 0 aliphatic carbocycles. The Labute approximate surface area is 468 Å². The maximum absolute atomic E-state index is 15.2. The number of methoxy groups -OCH3 is 1. The number of nitrogens with one attached hydrogen (secondary N) is 1. The van der Waals surface area contributed by atoms with Crippen LogP contribution in [0.1, 0.15) is 88.4 Å². The number of aliphatic hydroxyl groups excluding tert-OH is 2. The number of rotatable bonds is 9. The number of phenols is 1. The van der Waals surface area contributed by atoms with Gasteiger partial charge in [0.1, 0.15) is 35.2 Å². The van der Waals surface area contributed by atoms with Crippen LogP contribution in [0.4, 0.5) is 11.4 Å². The number of aliphatic hydroxyl groups is 2. The van der Waals surface area contributed by atoms with Crippen molar-refractivity contribution >= 4 is 68.0 Å². The number of carbonyl (C=O) groups is 4. The maximum Gasteiger partial charge on any atom is 0.312 e. The average Bonchev–Trinajstić information content (AvgIpc) is 2.20. The lowest BCUT2D eigenvalue weighted by Crippen LogP contribution is -2.46. The molecule has 2 saturated heterocycles. The van der Waals surface area contributed by atoms with E-state index in [4.69, 9.17) is 37.8 Å². The molecule has 2 fully saturated rings. The fraction of sp³-hybridized carbons (Fsp3) is 0.475. The molecule has 9 rings (SSSR count). The number of ether oxygens (including phenoxy) is 6. The van der Waals surface area contributed by atoms with Crippen molar-refractivity contribution in [1.29, 1.82) is 0 Å². The van der Waals surface area contributed by atoms with Crippen molar-refractivity contribution in [3.63, 3.8) is 0 Å². The normalized spacial score (nSPS) is 27.8. The van der Waals surface area contributed by atoms with Crippen LogP contribution in [0.15, 0.2) is 81.7 Å². The maximum atomic E-state index is 15.2. The zero-order valence-electron chi connectivity index (χ0n) is 47.1. The van der Waals surface area contributed by atoms with Gasteiger partial charge in [0.15, 0.2) is 28.1 Å². The number of aromatic nitrogens is 1. The van der Waals surface area contributed by atoms with Crippen molar-refractivity contribution in [2.24, 2.45) is 29.6 Å². The molecule has 0 radical (unpaired) electrons. The van der Waals surface area contributed by atoms with Crippen LogP contribution >= 0.6 is 0 Å². The first-order chi connectivity index (χ1) is 38.6. The molecule has 4 aliphatic rings. The Balaban J connectivity index is 1.22. The summed E-state index contributed by atoms with van der Waals surface area (Å²) in [4.78, 5) is 78.4. The van der Waals surface area contributed by atoms with Crippen LogP contribution in [0.2, 0.25) is 0 Å². The lowest BCUT2D eigenvalue weighted by molar-refractivity contribution is -0.160. The van der Waals surface area contributed by atoms with Crippen LogP contribution in [-0.4, -0.2) is 131 Å². The van der Waals surface area contributed by atoms with Gasteiger partial charge in [-0.25, -0.2) is 4.98 Å². The van der Waals surface area contributed by atoms with E-state index >= 15 is 4.79 Å². The fourth-order valence-corrected chi connectivity index (χ4v) is 11.5. The van der Waals surface area contributed by atoms with E-state index < -0.39 is 94.6 Å². The molecule has 432 valence electrons. The largest absolute Gasteiger partial charge is 0.505 e. The summed E-state index contributed by atoms with van der Waals surface area (Å²) < 4.78 is 43.2. The van der Waals surface area contributed by atoms with Crippen molar-refractivity contribution in [3.05, 3.63) is 105 Å². The topological polar surface area (TPSA) is 266 Å². The minimum atomic E-state index is -2.13. The molecule has 1 aromatic heterocycles. The number of nitrogens with zero attached hydrogens (tertiary/aromatic N) is 3. The molecule has 20 nitrogen and oxygen atoms in total. The Morgan fingerprint density at radius 1 is 0.889 bits per heavy atom. The second-order valence-corrected chi connectivity index (χ2v) is 22.1. The number of carboxylic acid groups (broad SMARTS) is 1. The van der Waals surface area contributed by atoms with Crippen LogP contribution in [0, 0.1) is 36.5 Å². The Kier molecular flexibility index (Phi) is 17.3. The number of hydrogen-bond acceptors (Lipinski definition) is 18. The third-order valence-electron chi connectivity index (χ3n) is 16.5. The van der Waals surface area contributed by atoms with Gasteiger partial charge in [0.05, 0.1) is 54.7 Å². The summed E-state index contributed by atoms with van der Waals surface area (Å²) in [5, 5.41) is 47.8. The van der Waals surface area contributed by atoms with Crippen LogP contribution < -0.4 is 25.1 Å². The van der Waals surface area contributed by atoms with E-state index in [2.05, 4.69) is 10.2 Å². The summed E-state index contributed by atoms with van der Waals surface area (Å²) in [6.45, 7) is 17.2. The lowest BCUT2D eigenvalue weighted by atomic mass is 9.78. The number of allylic oxidation sites excluding steroid dienone is 2. The van der Waals surface area contributed by atoms with Gasteiger partial charge in [-0.1, -0.05) is 70.2 Å². The van der Waals surface area contributed by atoms with E-state index in [0.29, 0.717) is 44.8 Å². The molecule has 0 spiro atoms. The number of esters is 1. The summed E-state index contributed by atoms with van der Waals surface area (Å²) >= 11 is 0. The summed E-state index contributed by atoms with van der Waals surface area (Å²) in [6, 6.07) is 11.5. The number of phenolic OH excluding ortho intramolecular Hbond substituents is 1. The van der Waals surface area contributed by atoms with E-state index in [1.165, 1.54) is 53.2 Å². The first kappa shape index (κ1) is 58.3. The van der Waals surface area contributed by atoms with Gasteiger partial charge in [-0.2, -0.15) is 0 Å². The summed E-state index contributed by atoms with van der Waals surface area (Å²) in [7, 11) is 1.44. The number of morpholine rings is 1. The molecule has 4 aromatic carbocycles. The molecule has 5 N–H and O–H groups in total. The van der Waals surface area contributed by atoms with E-state index in [0.717, 1.165) is 30.8 Å². The predicted molar refractivity (Wildman–Crippen MR) is 301 cm³/mol. The molecule has 5 heterocycles. The molecular weight excluding hydrogens is 1040 g/mol. The molecule has 4 bridgehead atoms. The monoisotopic (exact) mass is 1120 g/mol. The van der Waals surface area contributed by atoms with Gasteiger partial charge in [-0.05, 0) is 43.9 Å². The molecule has 0 unspecified atom stereocenters. The number of amides is 1. The number of aliphatic carboxylic acids is 1. The molecular formula is C61H72N4O16. The average molecular weight is 1120 g/mol. The highest BCUT2D eigenvalue weighted by molar-refractivity contribution is 6.26. The molecule has 9 atom stereocenters. The number of carboxylic acids is 1. The van der Waals surface area contributed by atoms with Crippen LogP contribution in [0.5, 0.6) is 17.2 Å². The Morgan fingerprint density at radius 3 is 2.25 bits per heavy atom. The van der Waals surface area contributed by atoms with Gasteiger partial charge in [-0.15, -0.1) is 0 Å². The number of piperidine rings is 1. The highest BCUT2D eigenvalue weighted by atomic mass is 16.7. The highest BCUT2D eigenvalue weighted by Gasteiger charge is 2.50. The number of fused-ring (bicyclic) bond motifs is 2. The zero-order valence-corrected chi connectivity index (χ0v) is 47.1. The van der Waals surface area contributed by atoms with Crippen LogP contribution in [0.3, 0.4) is 0 Å². The van der Waals surface area contributed by atoms with E-state index in [1.807, 2.05) is 29.2 Å². The number of aromatic hydroxyl groups is 1. The SMILES string of the molecule is CO[C@H]1/C=C/O[C@@]2(C)Oc3c(C)c(=O)c4c(O)c(c5oc6cc(N7CCC(C(=O)O)CC7)cc(OCc7ccc(CN8CCOCC8)cc7)c6nc5c4c3C2=O)NC(=O)/C(C)=C\C=C\[C@H](C)[C@H](O)[C@@H](C)[C@@H](O)[C@@H](C)[C@H](OC(C)=O)[C@@H]1C. The lowest BCUT2D eigenvalue weighted by Gasteiger charge is -2.38. The molecule has 0 saturated carbocycles. The zero-order chi connectivity index (χ0) is 58.2. The van der Waals surface area contributed by atoms with Gasteiger partial charge in [0.2, 0.25) is 0 Å². The van der Waals surface area contributed by atoms with Crippen molar-refractivity contribution in [2.75, 3.05) is 56.7 Å². The number of carbonyl (C=O) groups excluding carboxylic acids is 3. The van der Waals surface area contributed by atoms with Crippen molar-refractivity contribution < 1.29 is 72.4 Å². The minimum Gasteiger partial charge on any atom is -0.505 e. The van der Waals surface area contributed by atoms with Gasteiger partial charge in [-0.3, -0.25) is 28.9 Å². The fourth-order valence-electron chi connectivity index (χ4n) is 11.5. The predicted octanol–water partition coefficient (Wildman–Crippen LogP) is 7.71. The van der Waals surface area contributed by atoms with Crippen molar-refractivity contribution in [1.82, 2.24) is 9.88 Å². The number of anilines is 2. The van der Waals surface area contributed by atoms with E-state index in [1.54, 1.807) is 52.0 Å². The minimum absolute atomic E-state index is 0.0551. The van der Waals surface area contributed by atoms with Gasteiger partial charge < -0.3 is 63.5 Å². The Bertz CT molecular complexity index is 3390. The van der Waals surface area contributed by atoms with Crippen molar-refractivity contribution in [2.45, 2.75) is 112 Å². The summed E-state index contributed by atoms with van der Waals surface area (Å²) in [6.07, 6.45) is 4.15. The number of benzene rings is 4. The standard InChI is InChI=1S/C61H72N4O16/c1-31-11-10-12-32(2)59(72)63-50-54(70)46-45(47-56(36(6)53(46)69)81-61(8,58(47)71)78-24-19-42(75-9)33(3)55(79-37(7)66)35(5)52(68)34(4)51(31)67)49-57(50)80-44-28-41(65-20-17-40(18-21-65)60(73)74)27-43(48(44)62-49)77-30-39-15-13-38(14-16-39)29-64-22-25-76-26-23-64/h10-16,19,24,27-28,31,33-35,40,42,51-52,55,67-68,70H,17-18,20-23,25-26,29-30H2,1-9H3,(H,63,72)(H,73,74)/b11-10+,24-19+,32-12-/t31-,33+,34+,35+,42-,51-,52+,55+,61-/m0/s1. The summed E-state index contributed by atoms with van der Waals surface area (Å²) in [5.74, 6) is -8.89. The van der Waals surface area contributed by atoms with Crippen LogP contribution in [-0.2, 0) is 46.5 Å². The van der Waals surface area contributed by atoms with E-state index in [-0.39, 0.29) is 73.5 Å². The van der Waals surface area contributed by atoms with Gasteiger partial charge in [0.25, 0.3) is 11.7 Å². The Hall–Kier alpha value is -7.36. The molecule has 20 heteroatoms. The molecule has 1 amide bonds. The second kappa shape index (κ2) is 24.0. The van der Waals surface area contributed by atoms with Gasteiger partial charge in [0, 0.05) is 112 Å². The van der Waals surface area contributed by atoms with E-state index in [9.17, 15) is 39.6 Å². The molecule has 5 aromatic rings. The highest BCUT2D eigenvalue weighted by Crippen LogP contribution is 2.49. The third-order valence-corrected chi connectivity index (χ3v) is 16.5. The third kappa shape index (κ3) is 11.7. The Morgan fingerprint density at radius 2 is 1.58 bits per heavy atom. The molecule has 81 heavy (non-hydrogen) atoms. The van der Waals surface area contributed by atoms with Crippen molar-refractivity contribution in [3.8, 4) is 17.2 Å². The molecule has 4 aliphatic heterocycles. The number of Topliss-reactive ketones (excluding diaryl/α,β-unsaturated/α-hetero) is 1. The number of hydrogen-bond donors (Lipinski definition) is 5. The first-order valence-corrected chi connectivity index (χ1v) is 27.5. The quantitative estimate of drug-likeness (QED) is 0.0409. The second-order valence-electron chi connectivity index (χ2n) is 22.1. The van der Waals surface area contributed by atoms with Gasteiger partial charge >= 0.3 is 17.7 Å². The smallest absolute Gasteiger partial charge is 0.312 e.